The van der Waals surface area contributed by atoms with Crippen LogP contribution in [-0.4, -0.2) is 11.2 Å². The molecule has 1 N–H and O–H groups in total. The first-order valence-corrected chi connectivity index (χ1v) is 4.34. The van der Waals surface area contributed by atoms with E-state index in [9.17, 15) is 17.6 Å². The molecule has 1 nitrogen and oxygen atoms in total. The minimum atomic E-state index is -4.59. The molecule has 0 saturated heterocycles. The molecule has 0 saturated carbocycles. The van der Waals surface area contributed by atoms with Crippen molar-refractivity contribution in [3.63, 3.8) is 0 Å². The van der Waals surface area contributed by atoms with Gasteiger partial charge < -0.3 is 5.11 Å². The molecule has 0 fully saturated rings. The summed E-state index contributed by atoms with van der Waals surface area (Å²) in [6.45, 7) is 1.38. The first kappa shape index (κ1) is 12.0. The van der Waals surface area contributed by atoms with Crippen molar-refractivity contribution in [3.8, 4) is 0 Å². The molecule has 0 aliphatic heterocycles. The second-order valence-electron chi connectivity index (χ2n) is 3.35. The molecule has 5 heteroatoms. The molecule has 0 amide bonds. The summed E-state index contributed by atoms with van der Waals surface area (Å²) in [6.07, 6.45) is -5.63. The first-order chi connectivity index (χ1) is 6.80. The van der Waals surface area contributed by atoms with E-state index in [1.807, 2.05) is 0 Å². The van der Waals surface area contributed by atoms with Gasteiger partial charge in [0.15, 0.2) is 0 Å². The molecule has 0 aliphatic rings. The third kappa shape index (κ3) is 3.20. The van der Waals surface area contributed by atoms with Gasteiger partial charge in [-0.15, -0.1) is 0 Å². The van der Waals surface area contributed by atoms with E-state index >= 15 is 0 Å². The van der Waals surface area contributed by atoms with Crippen LogP contribution in [0.1, 0.15) is 18.1 Å². The SMILES string of the molecule is CC(O)Cc1ccc(F)cc1C(F)(F)F. The quantitative estimate of drug-likeness (QED) is 0.763. The number of benzene rings is 1. The summed E-state index contributed by atoms with van der Waals surface area (Å²) in [5, 5.41) is 9.00. The lowest BCUT2D eigenvalue weighted by Gasteiger charge is -2.13. The van der Waals surface area contributed by atoms with Gasteiger partial charge in [0.1, 0.15) is 5.82 Å². The predicted molar refractivity (Wildman–Crippen MR) is 46.8 cm³/mol. The van der Waals surface area contributed by atoms with Crippen molar-refractivity contribution in [3.05, 3.63) is 35.1 Å². The van der Waals surface area contributed by atoms with Crippen LogP contribution in [0.2, 0.25) is 0 Å². The van der Waals surface area contributed by atoms with Gasteiger partial charge in [0.25, 0.3) is 0 Å². The summed E-state index contributed by atoms with van der Waals surface area (Å²) in [5.74, 6) is -0.934. The molecule has 0 bridgehead atoms. The molecule has 0 heterocycles. The lowest BCUT2D eigenvalue weighted by atomic mass is 10.0. The molecule has 1 atom stereocenters. The van der Waals surface area contributed by atoms with Gasteiger partial charge in [-0.3, -0.25) is 0 Å². The van der Waals surface area contributed by atoms with E-state index in [-0.39, 0.29) is 12.0 Å². The predicted octanol–water partition coefficient (Wildman–Crippen LogP) is 2.77. The van der Waals surface area contributed by atoms with Crippen molar-refractivity contribution in [2.24, 2.45) is 0 Å². The van der Waals surface area contributed by atoms with Crippen LogP contribution in [0.3, 0.4) is 0 Å². The van der Waals surface area contributed by atoms with E-state index in [1.165, 1.54) is 6.92 Å². The van der Waals surface area contributed by atoms with Gasteiger partial charge in [0.05, 0.1) is 11.7 Å². The van der Waals surface area contributed by atoms with Crippen molar-refractivity contribution >= 4 is 0 Å². The van der Waals surface area contributed by atoms with Crippen molar-refractivity contribution in [1.82, 2.24) is 0 Å². The molecular weight excluding hydrogens is 212 g/mol. The Morgan fingerprint density at radius 3 is 2.40 bits per heavy atom. The second-order valence-corrected chi connectivity index (χ2v) is 3.35. The number of aliphatic hydroxyl groups is 1. The van der Waals surface area contributed by atoms with E-state index in [1.54, 1.807) is 0 Å². The minimum Gasteiger partial charge on any atom is -0.393 e. The fourth-order valence-corrected chi connectivity index (χ4v) is 1.31. The van der Waals surface area contributed by atoms with Crippen molar-refractivity contribution in [2.75, 3.05) is 0 Å². The Labute approximate surface area is 84.3 Å². The van der Waals surface area contributed by atoms with Crippen LogP contribution in [0.5, 0.6) is 0 Å². The lowest BCUT2D eigenvalue weighted by molar-refractivity contribution is -0.138. The summed E-state index contributed by atoms with van der Waals surface area (Å²) in [5.41, 5.74) is -1.12. The number of aliphatic hydroxyl groups excluding tert-OH is 1. The van der Waals surface area contributed by atoms with Gasteiger partial charge in [0.2, 0.25) is 0 Å². The average Bonchev–Trinajstić information content (AvgIpc) is 2.05. The van der Waals surface area contributed by atoms with Crippen LogP contribution in [-0.2, 0) is 12.6 Å². The molecule has 0 aromatic heterocycles. The maximum Gasteiger partial charge on any atom is 0.416 e. The highest BCUT2D eigenvalue weighted by Gasteiger charge is 2.33. The topological polar surface area (TPSA) is 20.2 Å². The highest BCUT2D eigenvalue weighted by atomic mass is 19.4. The Hall–Kier alpha value is -1.10. The molecule has 15 heavy (non-hydrogen) atoms. The fourth-order valence-electron chi connectivity index (χ4n) is 1.31. The van der Waals surface area contributed by atoms with Crippen molar-refractivity contribution < 1.29 is 22.7 Å². The van der Waals surface area contributed by atoms with Crippen LogP contribution in [0.4, 0.5) is 17.6 Å². The summed E-state index contributed by atoms with van der Waals surface area (Å²) in [4.78, 5) is 0. The average molecular weight is 222 g/mol. The first-order valence-electron chi connectivity index (χ1n) is 4.34. The van der Waals surface area contributed by atoms with Gasteiger partial charge in [-0.05, 0) is 31.0 Å². The Morgan fingerprint density at radius 1 is 1.33 bits per heavy atom. The van der Waals surface area contributed by atoms with Crippen molar-refractivity contribution in [2.45, 2.75) is 25.6 Å². The molecule has 0 radical (unpaired) electrons. The Kier molecular flexibility index (Phi) is 3.34. The van der Waals surface area contributed by atoms with E-state index < -0.39 is 23.7 Å². The van der Waals surface area contributed by atoms with Gasteiger partial charge in [-0.2, -0.15) is 13.2 Å². The van der Waals surface area contributed by atoms with Gasteiger partial charge in [-0.1, -0.05) is 6.07 Å². The molecule has 84 valence electrons. The van der Waals surface area contributed by atoms with Gasteiger partial charge >= 0.3 is 6.18 Å². The number of rotatable bonds is 2. The third-order valence-corrected chi connectivity index (χ3v) is 1.89. The molecule has 0 spiro atoms. The van der Waals surface area contributed by atoms with Crippen LogP contribution in [0, 0.1) is 5.82 Å². The highest BCUT2D eigenvalue weighted by Crippen LogP contribution is 2.33. The largest absolute Gasteiger partial charge is 0.416 e. The highest BCUT2D eigenvalue weighted by molar-refractivity contribution is 5.30. The van der Waals surface area contributed by atoms with Crippen LogP contribution < -0.4 is 0 Å². The summed E-state index contributed by atoms with van der Waals surface area (Å²) in [6, 6.07) is 2.44. The van der Waals surface area contributed by atoms with E-state index in [2.05, 4.69) is 0 Å². The van der Waals surface area contributed by atoms with Crippen LogP contribution in [0.25, 0.3) is 0 Å². The Morgan fingerprint density at radius 2 is 1.93 bits per heavy atom. The summed E-state index contributed by atoms with van der Waals surface area (Å²) < 4.78 is 49.9. The van der Waals surface area contributed by atoms with E-state index in [0.29, 0.717) is 6.07 Å². The minimum absolute atomic E-state index is 0.0982. The van der Waals surface area contributed by atoms with Crippen LogP contribution >= 0.6 is 0 Å². The monoisotopic (exact) mass is 222 g/mol. The number of hydrogen-bond donors (Lipinski definition) is 1. The molecule has 1 rings (SSSR count). The Balaban J connectivity index is 3.15. The van der Waals surface area contributed by atoms with Crippen molar-refractivity contribution in [1.29, 1.82) is 0 Å². The van der Waals surface area contributed by atoms with Gasteiger partial charge in [-0.25, -0.2) is 4.39 Å². The number of halogens is 4. The number of alkyl halides is 3. The summed E-state index contributed by atoms with van der Waals surface area (Å²) >= 11 is 0. The van der Waals surface area contributed by atoms with Crippen LogP contribution in [0.15, 0.2) is 18.2 Å². The summed E-state index contributed by atoms with van der Waals surface area (Å²) in [7, 11) is 0. The Bertz CT molecular complexity index is 344. The molecule has 1 unspecified atom stereocenters. The van der Waals surface area contributed by atoms with E-state index in [0.717, 1.165) is 12.1 Å². The zero-order valence-corrected chi connectivity index (χ0v) is 7.98. The zero-order valence-electron chi connectivity index (χ0n) is 7.98. The normalized spacial score (nSPS) is 14.0. The number of hydrogen-bond acceptors (Lipinski definition) is 1. The maximum atomic E-state index is 12.7. The molecule has 1 aromatic carbocycles. The molecule has 0 aliphatic carbocycles. The van der Waals surface area contributed by atoms with Gasteiger partial charge in [0, 0.05) is 0 Å². The third-order valence-electron chi connectivity index (χ3n) is 1.89. The fraction of sp³-hybridized carbons (Fsp3) is 0.400. The maximum absolute atomic E-state index is 12.7. The van der Waals surface area contributed by atoms with E-state index in [4.69, 9.17) is 5.11 Å². The standard InChI is InChI=1S/C10H10F4O/c1-6(15)4-7-2-3-8(11)5-9(7)10(12,13)14/h2-3,5-6,15H,4H2,1H3. The smallest absolute Gasteiger partial charge is 0.393 e. The zero-order chi connectivity index (χ0) is 11.6. The lowest BCUT2D eigenvalue weighted by Crippen LogP contribution is -2.13. The molecule has 1 aromatic rings. The molecular formula is C10H10F4O. The second kappa shape index (κ2) is 4.18.